The summed E-state index contributed by atoms with van der Waals surface area (Å²) in [4.78, 5) is 11.5. The van der Waals surface area contributed by atoms with E-state index in [1.54, 1.807) is 11.3 Å². The van der Waals surface area contributed by atoms with Crippen molar-refractivity contribution in [1.82, 2.24) is 9.88 Å². The third-order valence-corrected chi connectivity index (χ3v) is 5.36. The minimum atomic E-state index is 0. The lowest BCUT2D eigenvalue weighted by molar-refractivity contribution is 0.428. The molecule has 1 fully saturated rings. The normalized spacial score (nSPS) is 15.5. The summed E-state index contributed by atoms with van der Waals surface area (Å²) in [6, 6.07) is 10.6. The molecule has 1 aromatic carbocycles. The van der Waals surface area contributed by atoms with Crippen molar-refractivity contribution in [2.75, 3.05) is 13.1 Å². The molecule has 2 aromatic rings. The Balaban J connectivity index is 0.00000225. The first-order valence-electron chi connectivity index (χ1n) is 8.83. The first-order chi connectivity index (χ1) is 11.8. The van der Waals surface area contributed by atoms with E-state index in [0.29, 0.717) is 12.5 Å². The quantitative estimate of drug-likeness (QED) is 0.404. The van der Waals surface area contributed by atoms with Gasteiger partial charge in [0.1, 0.15) is 0 Å². The summed E-state index contributed by atoms with van der Waals surface area (Å²) in [5.74, 6) is 0.677. The Labute approximate surface area is 171 Å². The van der Waals surface area contributed by atoms with E-state index in [9.17, 15) is 0 Å². The van der Waals surface area contributed by atoms with Gasteiger partial charge >= 0.3 is 0 Å². The highest BCUT2D eigenvalue weighted by Gasteiger charge is 2.11. The van der Waals surface area contributed by atoms with Crippen molar-refractivity contribution in [3.8, 4) is 0 Å². The number of thiazole rings is 1. The summed E-state index contributed by atoms with van der Waals surface area (Å²) in [6.07, 6.45) is 7.07. The highest BCUT2D eigenvalue weighted by atomic mass is 127. The van der Waals surface area contributed by atoms with Crippen LogP contribution in [0.4, 0.5) is 0 Å². The van der Waals surface area contributed by atoms with E-state index >= 15 is 0 Å². The van der Waals surface area contributed by atoms with Crippen LogP contribution in [0.3, 0.4) is 0 Å². The monoisotopic (exact) mass is 470 g/mol. The van der Waals surface area contributed by atoms with Gasteiger partial charge in [-0.2, -0.15) is 0 Å². The summed E-state index contributed by atoms with van der Waals surface area (Å²) >= 11 is 1.72. The smallest absolute Gasteiger partial charge is 0.191 e. The molecule has 1 saturated heterocycles. The average Bonchev–Trinajstić information content (AvgIpc) is 2.89. The number of aliphatic imine (C=N–C) groups is 1. The maximum Gasteiger partial charge on any atom is 0.191 e. The number of likely N-dealkylation sites (tertiary alicyclic amines) is 1. The predicted molar refractivity (Wildman–Crippen MR) is 117 cm³/mol. The number of hydrogen-bond donors (Lipinski definition) is 1. The van der Waals surface area contributed by atoms with Crippen LogP contribution in [-0.2, 0) is 19.4 Å². The third-order valence-electron chi connectivity index (χ3n) is 4.40. The van der Waals surface area contributed by atoms with Crippen LogP contribution in [0.15, 0.2) is 40.7 Å². The number of benzene rings is 1. The van der Waals surface area contributed by atoms with Gasteiger partial charge < -0.3 is 10.6 Å². The number of nitrogens with two attached hydrogens (primary N) is 1. The maximum absolute atomic E-state index is 6.16. The summed E-state index contributed by atoms with van der Waals surface area (Å²) in [5, 5.41) is 3.29. The number of halogens is 1. The van der Waals surface area contributed by atoms with E-state index in [1.165, 1.54) is 36.3 Å². The molecule has 3 rings (SSSR count). The summed E-state index contributed by atoms with van der Waals surface area (Å²) in [7, 11) is 0. The molecule has 0 atom stereocenters. The second-order valence-corrected chi connectivity index (χ2v) is 7.24. The molecular formula is C19H27IN4S. The molecule has 0 amide bonds. The predicted octanol–water partition coefficient (Wildman–Crippen LogP) is 4.24. The van der Waals surface area contributed by atoms with Gasteiger partial charge in [-0.3, -0.25) is 0 Å². The Morgan fingerprint density at radius 2 is 1.80 bits per heavy atom. The van der Waals surface area contributed by atoms with Gasteiger partial charge in [0, 0.05) is 24.9 Å². The molecule has 1 aromatic heterocycles. The van der Waals surface area contributed by atoms with Crippen LogP contribution in [0.25, 0.3) is 0 Å². The highest BCUT2D eigenvalue weighted by molar-refractivity contribution is 14.0. The minimum Gasteiger partial charge on any atom is -0.370 e. The van der Waals surface area contributed by atoms with Crippen LogP contribution in [0.2, 0.25) is 0 Å². The summed E-state index contributed by atoms with van der Waals surface area (Å²) < 4.78 is 0. The van der Waals surface area contributed by atoms with Gasteiger partial charge in [-0.15, -0.1) is 35.3 Å². The number of hydrogen-bond acceptors (Lipinski definition) is 3. The molecule has 6 heteroatoms. The van der Waals surface area contributed by atoms with Crippen LogP contribution < -0.4 is 5.73 Å². The first-order valence-corrected chi connectivity index (χ1v) is 9.71. The number of nitrogens with zero attached hydrogens (tertiary/aromatic N) is 3. The maximum atomic E-state index is 6.16. The second kappa shape index (κ2) is 10.8. The molecule has 136 valence electrons. The Morgan fingerprint density at radius 1 is 1.08 bits per heavy atom. The Kier molecular flexibility index (Phi) is 8.67. The van der Waals surface area contributed by atoms with Gasteiger partial charge in [0.05, 0.1) is 17.2 Å². The highest BCUT2D eigenvalue weighted by Crippen LogP contribution is 2.14. The van der Waals surface area contributed by atoms with E-state index in [4.69, 9.17) is 10.7 Å². The van der Waals surface area contributed by atoms with Crippen molar-refractivity contribution in [3.63, 3.8) is 0 Å². The Hall–Kier alpha value is -1.15. The molecule has 2 N–H and O–H groups in total. The zero-order valence-corrected chi connectivity index (χ0v) is 17.7. The van der Waals surface area contributed by atoms with Gasteiger partial charge in [0.25, 0.3) is 0 Å². The van der Waals surface area contributed by atoms with Gasteiger partial charge in [0.15, 0.2) is 5.96 Å². The molecule has 4 nitrogen and oxygen atoms in total. The third kappa shape index (κ3) is 6.58. The molecule has 25 heavy (non-hydrogen) atoms. The summed E-state index contributed by atoms with van der Waals surface area (Å²) in [6.45, 7) is 2.66. The number of guanidine groups is 1. The van der Waals surface area contributed by atoms with Gasteiger partial charge in [0.2, 0.25) is 0 Å². The number of aromatic nitrogens is 1. The van der Waals surface area contributed by atoms with Gasteiger partial charge in [-0.25, -0.2) is 9.98 Å². The van der Waals surface area contributed by atoms with E-state index in [2.05, 4.69) is 45.6 Å². The topological polar surface area (TPSA) is 54.5 Å². The lowest BCUT2D eigenvalue weighted by Crippen LogP contribution is -2.38. The van der Waals surface area contributed by atoms with Crippen molar-refractivity contribution in [1.29, 1.82) is 0 Å². The minimum absolute atomic E-state index is 0. The lowest BCUT2D eigenvalue weighted by Gasteiger charge is -2.20. The second-order valence-electron chi connectivity index (χ2n) is 6.29. The molecule has 0 radical (unpaired) electrons. The Bertz CT molecular complexity index is 648. The molecule has 0 unspecified atom stereocenters. The molecular weight excluding hydrogens is 443 g/mol. The van der Waals surface area contributed by atoms with Gasteiger partial charge in [-0.05, 0) is 24.8 Å². The SMILES string of the molecule is I.NC(=NCc1csc(CCc2ccccc2)n1)N1CCCCCC1. The van der Waals surface area contributed by atoms with Gasteiger partial charge in [-0.1, -0.05) is 43.2 Å². The number of rotatable bonds is 5. The summed E-state index contributed by atoms with van der Waals surface area (Å²) in [5.41, 5.74) is 8.55. The van der Waals surface area contributed by atoms with Crippen LogP contribution in [0, 0.1) is 0 Å². The van der Waals surface area contributed by atoms with Crippen molar-refractivity contribution >= 4 is 41.3 Å². The fraction of sp³-hybridized carbons (Fsp3) is 0.474. The molecule has 1 aliphatic heterocycles. The molecule has 0 aliphatic carbocycles. The lowest BCUT2D eigenvalue weighted by atomic mass is 10.1. The zero-order valence-electron chi connectivity index (χ0n) is 14.6. The standard InChI is InChI=1S/C19H26N4S.HI/c20-19(23-12-6-1-2-7-13-23)21-14-17-15-24-18(22-17)11-10-16-8-4-3-5-9-16;/h3-5,8-9,15H,1-2,6-7,10-14H2,(H2,20,21);1H. The zero-order chi connectivity index (χ0) is 16.6. The fourth-order valence-electron chi connectivity index (χ4n) is 2.99. The fourth-order valence-corrected chi connectivity index (χ4v) is 3.78. The molecule has 0 spiro atoms. The first kappa shape index (κ1) is 20.2. The van der Waals surface area contributed by atoms with Crippen molar-refractivity contribution in [3.05, 3.63) is 52.0 Å². The van der Waals surface area contributed by atoms with E-state index in [0.717, 1.165) is 31.6 Å². The van der Waals surface area contributed by atoms with Crippen LogP contribution in [0.5, 0.6) is 0 Å². The number of aryl methyl sites for hydroxylation is 2. The van der Waals surface area contributed by atoms with Crippen LogP contribution >= 0.6 is 35.3 Å². The van der Waals surface area contributed by atoms with Crippen molar-refractivity contribution in [2.45, 2.75) is 45.1 Å². The molecule has 0 bridgehead atoms. The molecule has 1 aliphatic rings. The van der Waals surface area contributed by atoms with E-state index in [1.807, 2.05) is 0 Å². The van der Waals surface area contributed by atoms with Crippen LogP contribution in [-0.4, -0.2) is 28.9 Å². The largest absolute Gasteiger partial charge is 0.370 e. The Morgan fingerprint density at radius 3 is 2.52 bits per heavy atom. The van der Waals surface area contributed by atoms with Crippen LogP contribution in [0.1, 0.15) is 41.9 Å². The van der Waals surface area contributed by atoms with Crippen molar-refractivity contribution < 1.29 is 0 Å². The van der Waals surface area contributed by atoms with E-state index < -0.39 is 0 Å². The molecule has 2 heterocycles. The molecule has 0 saturated carbocycles. The van der Waals surface area contributed by atoms with Crippen molar-refractivity contribution in [2.24, 2.45) is 10.7 Å². The average molecular weight is 470 g/mol. The van der Waals surface area contributed by atoms with E-state index in [-0.39, 0.29) is 24.0 Å².